The number of hydrogen-bond donors (Lipinski definition) is 0. The molecule has 132 valence electrons. The predicted octanol–water partition coefficient (Wildman–Crippen LogP) is 7.81. The minimum absolute atomic E-state index is 1.04. The van der Waals surface area contributed by atoms with Crippen molar-refractivity contribution < 1.29 is 0 Å². The van der Waals surface area contributed by atoms with Crippen molar-refractivity contribution >= 4 is 21.4 Å². The van der Waals surface area contributed by atoms with Crippen molar-refractivity contribution in [3.05, 3.63) is 108 Å². The molecule has 1 heterocycles. The Hall–Kier alpha value is -3.16. The van der Waals surface area contributed by atoms with E-state index in [0.717, 1.165) is 6.42 Å². The third-order valence-electron chi connectivity index (χ3n) is 5.71. The monoisotopic (exact) mass is 374 g/mol. The van der Waals surface area contributed by atoms with Crippen LogP contribution in [0.15, 0.2) is 97.1 Å². The second-order valence-corrected chi connectivity index (χ2v) is 8.37. The lowest BCUT2D eigenvalue weighted by atomic mass is 9.96. The fraction of sp³-hybridized carbons (Fsp3) is 0.0370. The van der Waals surface area contributed by atoms with E-state index >= 15 is 0 Å². The summed E-state index contributed by atoms with van der Waals surface area (Å²) in [6.45, 7) is 0. The van der Waals surface area contributed by atoms with Gasteiger partial charge in [-0.3, -0.25) is 0 Å². The summed E-state index contributed by atoms with van der Waals surface area (Å²) in [6, 6.07) is 35.2. The van der Waals surface area contributed by atoms with Gasteiger partial charge in [-0.1, -0.05) is 97.1 Å². The highest BCUT2D eigenvalue weighted by Crippen LogP contribution is 2.51. The Morgan fingerprint density at radius 2 is 1.21 bits per heavy atom. The van der Waals surface area contributed by atoms with Crippen molar-refractivity contribution in [2.75, 3.05) is 0 Å². The molecule has 0 saturated heterocycles. The van der Waals surface area contributed by atoms with E-state index in [4.69, 9.17) is 0 Å². The van der Waals surface area contributed by atoms with Crippen LogP contribution in [0.25, 0.3) is 42.8 Å². The summed E-state index contributed by atoms with van der Waals surface area (Å²) in [6.07, 6.45) is 1.04. The molecule has 0 spiro atoms. The molecule has 0 saturated carbocycles. The zero-order valence-corrected chi connectivity index (χ0v) is 16.2. The summed E-state index contributed by atoms with van der Waals surface area (Å²) >= 11 is 1.94. The van der Waals surface area contributed by atoms with Gasteiger partial charge in [-0.05, 0) is 34.2 Å². The Kier molecular flexibility index (Phi) is 3.50. The summed E-state index contributed by atoms with van der Waals surface area (Å²) in [5, 5.41) is 1.37. The summed E-state index contributed by atoms with van der Waals surface area (Å²) in [5.74, 6) is 0. The average molecular weight is 375 g/mol. The summed E-state index contributed by atoms with van der Waals surface area (Å²) in [4.78, 5) is 1.36. The van der Waals surface area contributed by atoms with E-state index in [0.29, 0.717) is 0 Å². The van der Waals surface area contributed by atoms with Crippen LogP contribution in [0.3, 0.4) is 0 Å². The molecule has 0 atom stereocenters. The smallest absolute Gasteiger partial charge is 0.0437 e. The quantitative estimate of drug-likeness (QED) is 0.290. The molecule has 1 aliphatic carbocycles. The number of thiophene rings is 1. The maximum Gasteiger partial charge on any atom is 0.0437 e. The highest BCUT2D eigenvalue weighted by atomic mass is 32.1. The van der Waals surface area contributed by atoms with Gasteiger partial charge in [0, 0.05) is 26.1 Å². The van der Waals surface area contributed by atoms with E-state index in [1.165, 1.54) is 53.9 Å². The van der Waals surface area contributed by atoms with Gasteiger partial charge in [0.2, 0.25) is 0 Å². The molecule has 1 heteroatoms. The predicted molar refractivity (Wildman–Crippen MR) is 121 cm³/mol. The van der Waals surface area contributed by atoms with Gasteiger partial charge in [-0.2, -0.15) is 0 Å². The molecule has 0 N–H and O–H groups in total. The molecule has 0 unspecified atom stereocenters. The minimum Gasteiger partial charge on any atom is -0.134 e. The van der Waals surface area contributed by atoms with E-state index in [9.17, 15) is 0 Å². The first kappa shape index (κ1) is 15.9. The molecule has 0 bridgehead atoms. The van der Waals surface area contributed by atoms with Crippen LogP contribution in [0, 0.1) is 0 Å². The molecular weight excluding hydrogens is 356 g/mol. The van der Waals surface area contributed by atoms with E-state index < -0.39 is 0 Å². The largest absolute Gasteiger partial charge is 0.134 e. The topological polar surface area (TPSA) is 0 Å². The van der Waals surface area contributed by atoms with Crippen LogP contribution in [0.4, 0.5) is 0 Å². The zero-order valence-electron chi connectivity index (χ0n) is 15.4. The molecule has 0 aliphatic heterocycles. The molecule has 28 heavy (non-hydrogen) atoms. The zero-order chi connectivity index (χ0) is 18.5. The highest BCUT2D eigenvalue weighted by molar-refractivity contribution is 7.23. The van der Waals surface area contributed by atoms with Crippen molar-refractivity contribution in [2.24, 2.45) is 0 Å². The first-order chi connectivity index (χ1) is 13.9. The van der Waals surface area contributed by atoms with Crippen LogP contribution in [0.2, 0.25) is 0 Å². The summed E-state index contributed by atoms with van der Waals surface area (Å²) in [7, 11) is 0. The lowest BCUT2D eigenvalue weighted by Crippen LogP contribution is -1.82. The molecule has 1 aliphatic rings. The molecule has 1 aromatic heterocycles. The number of hydrogen-bond acceptors (Lipinski definition) is 1. The van der Waals surface area contributed by atoms with E-state index in [2.05, 4.69) is 97.1 Å². The lowest BCUT2D eigenvalue weighted by Gasteiger charge is -2.06. The van der Waals surface area contributed by atoms with E-state index in [1.54, 1.807) is 0 Å². The summed E-state index contributed by atoms with van der Waals surface area (Å²) < 4.78 is 1.42. The second-order valence-electron chi connectivity index (χ2n) is 7.35. The average Bonchev–Trinajstić information content (AvgIpc) is 3.33. The standard InChI is InChI=1S/C27H18S/c1-3-9-18(10-4-1)24-23-16-15-21-17-20-13-7-8-14-22(20)25(21)27(23)28-26(24)19-11-5-2-6-12-19/h1-16H,17H2. The number of rotatable bonds is 2. The fourth-order valence-electron chi connectivity index (χ4n) is 4.45. The molecule has 0 amide bonds. The van der Waals surface area contributed by atoms with Crippen molar-refractivity contribution in [1.82, 2.24) is 0 Å². The van der Waals surface area contributed by atoms with Crippen LogP contribution in [0.5, 0.6) is 0 Å². The lowest BCUT2D eigenvalue weighted by molar-refractivity contribution is 1.27. The Morgan fingerprint density at radius 3 is 2.00 bits per heavy atom. The maximum absolute atomic E-state index is 2.34. The van der Waals surface area contributed by atoms with Crippen LogP contribution >= 0.6 is 11.3 Å². The molecule has 0 fully saturated rings. The Labute approximate surface area is 168 Å². The first-order valence-electron chi connectivity index (χ1n) is 9.67. The van der Waals surface area contributed by atoms with E-state index in [-0.39, 0.29) is 0 Å². The number of fused-ring (bicyclic) bond motifs is 5. The maximum atomic E-state index is 2.34. The van der Waals surface area contributed by atoms with Crippen molar-refractivity contribution in [2.45, 2.75) is 6.42 Å². The van der Waals surface area contributed by atoms with Gasteiger partial charge in [-0.25, -0.2) is 0 Å². The third-order valence-corrected chi connectivity index (χ3v) is 6.98. The first-order valence-corrected chi connectivity index (χ1v) is 10.5. The Bertz CT molecular complexity index is 1310. The van der Waals surface area contributed by atoms with Crippen LogP contribution in [-0.2, 0) is 6.42 Å². The third kappa shape index (κ3) is 2.30. The SMILES string of the molecule is c1ccc(-c2sc3c4c(ccc3c2-c2ccccc2)Cc2ccccc2-4)cc1. The minimum atomic E-state index is 1.04. The fourth-order valence-corrected chi connectivity index (χ4v) is 5.86. The van der Waals surface area contributed by atoms with Crippen LogP contribution in [-0.4, -0.2) is 0 Å². The van der Waals surface area contributed by atoms with Crippen molar-refractivity contribution in [3.8, 4) is 32.7 Å². The van der Waals surface area contributed by atoms with Gasteiger partial charge in [0.1, 0.15) is 0 Å². The molecular formula is C27H18S. The summed E-state index contributed by atoms with van der Waals surface area (Å²) in [5.41, 5.74) is 9.69. The second kappa shape index (κ2) is 6.19. The van der Waals surface area contributed by atoms with Gasteiger partial charge < -0.3 is 0 Å². The molecule has 4 aromatic carbocycles. The van der Waals surface area contributed by atoms with Crippen LogP contribution in [0.1, 0.15) is 11.1 Å². The highest BCUT2D eigenvalue weighted by Gasteiger charge is 2.24. The molecule has 6 rings (SSSR count). The van der Waals surface area contributed by atoms with Crippen molar-refractivity contribution in [1.29, 1.82) is 0 Å². The molecule has 5 aromatic rings. The molecule has 0 radical (unpaired) electrons. The number of benzene rings is 4. The normalized spacial score (nSPS) is 12.1. The van der Waals surface area contributed by atoms with Gasteiger partial charge in [0.15, 0.2) is 0 Å². The van der Waals surface area contributed by atoms with Gasteiger partial charge in [0.05, 0.1) is 0 Å². The van der Waals surface area contributed by atoms with Gasteiger partial charge in [0.25, 0.3) is 0 Å². The van der Waals surface area contributed by atoms with Crippen LogP contribution < -0.4 is 0 Å². The Morgan fingerprint density at radius 1 is 0.536 bits per heavy atom. The van der Waals surface area contributed by atoms with E-state index in [1.807, 2.05) is 11.3 Å². The Balaban J connectivity index is 1.73. The van der Waals surface area contributed by atoms with Crippen molar-refractivity contribution in [3.63, 3.8) is 0 Å². The van der Waals surface area contributed by atoms with Gasteiger partial charge >= 0.3 is 0 Å². The molecule has 0 nitrogen and oxygen atoms in total. The van der Waals surface area contributed by atoms with Gasteiger partial charge in [-0.15, -0.1) is 11.3 Å².